The van der Waals surface area contributed by atoms with Crippen LogP contribution in [0.3, 0.4) is 0 Å². The van der Waals surface area contributed by atoms with Crippen molar-refractivity contribution in [3.8, 4) is 67.5 Å². The van der Waals surface area contributed by atoms with Crippen LogP contribution in [0.5, 0.6) is 0 Å². The molecule has 0 spiro atoms. The first-order chi connectivity index (χ1) is 27.3. The van der Waals surface area contributed by atoms with Crippen LogP contribution in [0.25, 0.3) is 89.1 Å². The van der Waals surface area contributed by atoms with Gasteiger partial charge in [-0.25, -0.2) is 15.0 Å². The summed E-state index contributed by atoms with van der Waals surface area (Å²) in [6.07, 6.45) is 0. The number of rotatable bonds is 6. The van der Waals surface area contributed by atoms with Crippen molar-refractivity contribution in [2.75, 3.05) is 0 Å². The van der Waals surface area contributed by atoms with Crippen molar-refractivity contribution in [1.82, 2.24) is 15.0 Å². The molecule has 50 heavy (non-hydrogen) atoms. The molecular weight excluding hydrogens is 607 g/mol. The highest BCUT2D eigenvalue weighted by atomic mass is 15.0. The van der Waals surface area contributed by atoms with E-state index in [-0.39, 0.29) is 64.0 Å². The zero-order valence-corrected chi connectivity index (χ0v) is 26.8. The molecule has 0 aliphatic carbocycles. The highest BCUT2D eigenvalue weighted by Crippen LogP contribution is 2.37. The normalized spacial score (nSPS) is 12.9. The Morgan fingerprint density at radius 3 is 1.34 bits per heavy atom. The molecule has 3 nitrogen and oxygen atoms in total. The summed E-state index contributed by atoms with van der Waals surface area (Å²) < 4.78 is 54.2. The summed E-state index contributed by atoms with van der Waals surface area (Å²) in [6.45, 7) is 0. The minimum Gasteiger partial charge on any atom is -0.208 e. The highest BCUT2D eigenvalue weighted by molar-refractivity contribution is 6.05. The average molecular weight is 644 g/mol. The van der Waals surface area contributed by atoms with Crippen molar-refractivity contribution in [2.24, 2.45) is 0 Å². The molecule has 0 aliphatic rings. The van der Waals surface area contributed by atoms with E-state index in [0.29, 0.717) is 28.3 Å². The largest absolute Gasteiger partial charge is 0.208 e. The molecule has 0 fully saturated rings. The van der Waals surface area contributed by atoms with Gasteiger partial charge in [0, 0.05) is 16.7 Å². The maximum absolute atomic E-state index is 9.42. The number of hydrogen-bond donors (Lipinski definition) is 0. The van der Waals surface area contributed by atoms with E-state index in [0.717, 1.165) is 33.0 Å². The Bertz CT molecular complexity index is 2960. The molecule has 9 aromatic rings. The summed E-state index contributed by atoms with van der Waals surface area (Å²) in [5, 5.41) is 2.39. The van der Waals surface area contributed by atoms with Crippen LogP contribution in [-0.2, 0) is 0 Å². The van der Waals surface area contributed by atoms with Gasteiger partial charge in [-0.1, -0.05) is 182 Å². The molecule has 0 atom stereocenters. The van der Waals surface area contributed by atoms with Crippen molar-refractivity contribution in [3.05, 3.63) is 188 Å². The molecule has 3 heteroatoms. The second-order valence-electron chi connectivity index (χ2n) is 11.9. The van der Waals surface area contributed by atoms with Gasteiger partial charge in [0.1, 0.15) is 0 Å². The van der Waals surface area contributed by atoms with Gasteiger partial charge in [-0.05, 0) is 61.0 Å². The minimum absolute atomic E-state index is 0.000983. The smallest absolute Gasteiger partial charge is 0.164 e. The lowest BCUT2D eigenvalue weighted by molar-refractivity contribution is 1.07. The molecule has 0 amide bonds. The number of nitrogens with zero attached hydrogens (tertiary/aromatic N) is 3. The molecule has 234 valence electrons. The molecular formula is C47H31N3. The number of benzene rings is 8. The topological polar surface area (TPSA) is 38.7 Å². The number of hydrogen-bond acceptors (Lipinski definition) is 3. The van der Waals surface area contributed by atoms with Crippen LogP contribution in [-0.4, -0.2) is 15.0 Å². The van der Waals surface area contributed by atoms with Crippen LogP contribution >= 0.6 is 0 Å². The molecule has 0 saturated carbocycles. The molecule has 9 rings (SSSR count). The molecule has 1 heterocycles. The molecule has 0 saturated heterocycles. The molecule has 0 N–H and O–H groups in total. The molecule has 8 aromatic carbocycles. The predicted octanol–water partition coefficient (Wildman–Crippen LogP) is 12.2. The SMILES string of the molecule is [2H]c1c([2H])c(-c2ccccc2)c2c([2H])c([2H])c(-c3nc(-c4ccccc4)nc(-c4ccc(-c5ccc(-c6ccccc6)c6ccccc56)cc4)n3)c([2H])c2c1[2H]. The molecule has 0 radical (unpaired) electrons. The fourth-order valence-corrected chi connectivity index (χ4v) is 6.39. The zero-order valence-electron chi connectivity index (χ0n) is 32.8. The van der Waals surface area contributed by atoms with Crippen molar-refractivity contribution in [1.29, 1.82) is 0 Å². The van der Waals surface area contributed by atoms with Crippen LogP contribution in [0.4, 0.5) is 0 Å². The van der Waals surface area contributed by atoms with Gasteiger partial charge in [-0.2, -0.15) is 0 Å². The van der Waals surface area contributed by atoms with E-state index in [1.54, 1.807) is 24.3 Å². The quantitative estimate of drug-likeness (QED) is 0.181. The van der Waals surface area contributed by atoms with Crippen LogP contribution < -0.4 is 0 Å². The average Bonchev–Trinajstić information content (AvgIpc) is 3.25. The van der Waals surface area contributed by atoms with Gasteiger partial charge in [0.2, 0.25) is 0 Å². The molecule has 0 bridgehead atoms. The first kappa shape index (κ1) is 23.6. The van der Waals surface area contributed by atoms with Crippen LogP contribution in [0.1, 0.15) is 8.22 Å². The van der Waals surface area contributed by atoms with Gasteiger partial charge in [-0.3, -0.25) is 0 Å². The van der Waals surface area contributed by atoms with Gasteiger partial charge in [0.05, 0.1) is 8.22 Å². The predicted molar refractivity (Wildman–Crippen MR) is 207 cm³/mol. The Morgan fingerprint density at radius 2 is 0.760 bits per heavy atom. The van der Waals surface area contributed by atoms with E-state index in [1.807, 2.05) is 84.9 Å². The summed E-state index contributed by atoms with van der Waals surface area (Å²) in [6, 6.07) is 47.5. The fourth-order valence-electron chi connectivity index (χ4n) is 6.39. The van der Waals surface area contributed by atoms with Gasteiger partial charge in [0.25, 0.3) is 0 Å². The van der Waals surface area contributed by atoms with Crippen LogP contribution in [0.2, 0.25) is 0 Å². The van der Waals surface area contributed by atoms with Gasteiger partial charge < -0.3 is 0 Å². The second kappa shape index (κ2) is 12.7. The zero-order chi connectivity index (χ0) is 38.5. The van der Waals surface area contributed by atoms with E-state index in [1.165, 1.54) is 0 Å². The van der Waals surface area contributed by atoms with Gasteiger partial charge >= 0.3 is 0 Å². The molecule has 0 aliphatic heterocycles. The van der Waals surface area contributed by atoms with Crippen LogP contribution in [0, 0.1) is 0 Å². The van der Waals surface area contributed by atoms with Crippen molar-refractivity contribution in [3.63, 3.8) is 0 Å². The summed E-state index contributed by atoms with van der Waals surface area (Å²) in [5.74, 6) is 0.642. The Hall–Kier alpha value is -6.71. The summed E-state index contributed by atoms with van der Waals surface area (Å²) in [5.41, 5.74) is 6.54. The monoisotopic (exact) mass is 643 g/mol. The molecule has 0 unspecified atom stereocenters. The van der Waals surface area contributed by atoms with Crippen molar-refractivity contribution < 1.29 is 8.22 Å². The van der Waals surface area contributed by atoms with Crippen molar-refractivity contribution >= 4 is 21.5 Å². The lowest BCUT2D eigenvalue weighted by Gasteiger charge is -2.13. The lowest BCUT2D eigenvalue weighted by atomic mass is 9.92. The Balaban J connectivity index is 1.21. The van der Waals surface area contributed by atoms with E-state index in [2.05, 4.69) is 42.5 Å². The van der Waals surface area contributed by atoms with Gasteiger partial charge in [0.15, 0.2) is 17.5 Å². The third-order valence-corrected chi connectivity index (χ3v) is 8.85. The fraction of sp³-hybridized carbons (Fsp3) is 0. The van der Waals surface area contributed by atoms with E-state index < -0.39 is 0 Å². The van der Waals surface area contributed by atoms with E-state index in [9.17, 15) is 4.11 Å². The lowest BCUT2D eigenvalue weighted by Crippen LogP contribution is -2.00. The third-order valence-electron chi connectivity index (χ3n) is 8.85. The Kier molecular flexibility index (Phi) is 6.00. The first-order valence-corrected chi connectivity index (χ1v) is 16.4. The summed E-state index contributed by atoms with van der Waals surface area (Å²) in [7, 11) is 0. The van der Waals surface area contributed by atoms with E-state index >= 15 is 0 Å². The number of fused-ring (bicyclic) bond motifs is 2. The third kappa shape index (κ3) is 5.51. The summed E-state index contributed by atoms with van der Waals surface area (Å²) >= 11 is 0. The van der Waals surface area contributed by atoms with Crippen molar-refractivity contribution in [2.45, 2.75) is 0 Å². The van der Waals surface area contributed by atoms with Gasteiger partial charge in [-0.15, -0.1) is 0 Å². The van der Waals surface area contributed by atoms with Crippen LogP contribution in [0.15, 0.2) is 188 Å². The Morgan fingerprint density at radius 1 is 0.320 bits per heavy atom. The Labute approximate surface area is 299 Å². The molecule has 1 aromatic heterocycles. The standard InChI is InChI=1S/C47H31N3/c1-4-13-32(14-5-1)39-22-12-19-37-31-38(27-28-42(37)39)47-49-45(35-17-8-3-9-18-35)48-46(50-47)36-25-23-34(24-26-36)41-30-29-40(33-15-6-2-7-16-33)43-20-10-11-21-44(41)43/h1-31H/i12D,19D,22D,27D,28D,31D. The summed E-state index contributed by atoms with van der Waals surface area (Å²) in [4.78, 5) is 14.4. The minimum atomic E-state index is -0.364. The maximum atomic E-state index is 9.42. The second-order valence-corrected chi connectivity index (χ2v) is 11.9. The first-order valence-electron chi connectivity index (χ1n) is 19.4. The maximum Gasteiger partial charge on any atom is 0.164 e. The highest BCUT2D eigenvalue weighted by Gasteiger charge is 2.15. The number of aromatic nitrogens is 3. The van der Waals surface area contributed by atoms with E-state index in [4.69, 9.17) is 19.1 Å².